The summed E-state index contributed by atoms with van der Waals surface area (Å²) in [5.41, 5.74) is 0.693. The number of oxazole rings is 1. The van der Waals surface area contributed by atoms with Gasteiger partial charge in [0.05, 0.1) is 6.10 Å². The van der Waals surface area contributed by atoms with Crippen LogP contribution in [0, 0.1) is 12.8 Å². The summed E-state index contributed by atoms with van der Waals surface area (Å²) in [6, 6.07) is 9.14. The highest BCUT2D eigenvalue weighted by molar-refractivity contribution is 7.89. The summed E-state index contributed by atoms with van der Waals surface area (Å²) in [5.74, 6) is 0.881. The maximum absolute atomic E-state index is 12.7. The number of ether oxygens (including phenoxy) is 1. The second-order valence-electron chi connectivity index (χ2n) is 6.16. The van der Waals surface area contributed by atoms with E-state index < -0.39 is 10.0 Å². The van der Waals surface area contributed by atoms with Gasteiger partial charge in [-0.05, 0) is 25.7 Å². The van der Waals surface area contributed by atoms with Crippen LogP contribution in [0.25, 0.3) is 11.3 Å². The van der Waals surface area contributed by atoms with Gasteiger partial charge in [0.15, 0.2) is 11.7 Å². The molecule has 1 aromatic heterocycles. The molecular formula is C17H22N2O4S. The quantitative estimate of drug-likeness (QED) is 0.897. The number of sulfonamides is 1. The number of aromatic nitrogens is 1. The van der Waals surface area contributed by atoms with E-state index in [2.05, 4.69) is 9.71 Å². The molecule has 24 heavy (non-hydrogen) atoms. The zero-order valence-corrected chi connectivity index (χ0v) is 14.7. The van der Waals surface area contributed by atoms with E-state index in [4.69, 9.17) is 9.15 Å². The summed E-state index contributed by atoms with van der Waals surface area (Å²) < 4.78 is 39.1. The van der Waals surface area contributed by atoms with E-state index in [1.54, 1.807) is 19.1 Å². The number of aryl methyl sites for hydroxylation is 1. The van der Waals surface area contributed by atoms with Crippen molar-refractivity contribution in [3.05, 3.63) is 36.2 Å². The van der Waals surface area contributed by atoms with Crippen molar-refractivity contribution in [1.29, 1.82) is 0 Å². The Morgan fingerprint density at radius 2 is 2.04 bits per heavy atom. The predicted octanol–water partition coefficient (Wildman–Crippen LogP) is 2.74. The van der Waals surface area contributed by atoms with Gasteiger partial charge in [0.2, 0.25) is 5.03 Å². The minimum atomic E-state index is -3.73. The second-order valence-corrected chi connectivity index (χ2v) is 7.84. The largest absolute Gasteiger partial charge is 0.440 e. The third-order valence-electron chi connectivity index (χ3n) is 4.15. The van der Waals surface area contributed by atoms with Gasteiger partial charge < -0.3 is 9.15 Å². The molecule has 2 unspecified atom stereocenters. The fourth-order valence-electron chi connectivity index (χ4n) is 2.93. The number of nitrogens with zero attached hydrogens (tertiary/aromatic N) is 1. The normalized spacial score (nSPS) is 21.8. The summed E-state index contributed by atoms with van der Waals surface area (Å²) in [6.45, 7) is 4.71. The molecule has 0 aliphatic carbocycles. The highest BCUT2D eigenvalue weighted by Gasteiger charge is 2.28. The average Bonchev–Trinajstić information content (AvgIpc) is 2.97. The van der Waals surface area contributed by atoms with Crippen LogP contribution in [-0.2, 0) is 14.8 Å². The Morgan fingerprint density at radius 1 is 1.29 bits per heavy atom. The fraction of sp³-hybridized carbons (Fsp3) is 0.471. The maximum atomic E-state index is 12.7. The van der Waals surface area contributed by atoms with E-state index in [-0.39, 0.29) is 22.8 Å². The van der Waals surface area contributed by atoms with E-state index in [9.17, 15) is 8.42 Å². The minimum absolute atomic E-state index is 0.0497. The summed E-state index contributed by atoms with van der Waals surface area (Å²) in [7, 11) is -3.73. The molecule has 0 bridgehead atoms. The third kappa shape index (κ3) is 3.85. The van der Waals surface area contributed by atoms with Crippen molar-refractivity contribution in [2.45, 2.75) is 37.8 Å². The Labute approximate surface area is 142 Å². The zero-order chi connectivity index (χ0) is 17.2. The molecule has 2 heterocycles. The molecule has 1 aromatic carbocycles. The number of nitrogens with one attached hydrogen (secondary N) is 1. The molecule has 2 atom stereocenters. The van der Waals surface area contributed by atoms with Gasteiger partial charge in [0.1, 0.15) is 0 Å². The number of benzene rings is 1. The van der Waals surface area contributed by atoms with Crippen LogP contribution < -0.4 is 4.72 Å². The molecule has 0 spiro atoms. The molecule has 7 heteroatoms. The first-order chi connectivity index (χ1) is 11.5. The molecule has 6 nitrogen and oxygen atoms in total. The lowest BCUT2D eigenvalue weighted by atomic mass is 9.97. The van der Waals surface area contributed by atoms with E-state index in [1.807, 2.05) is 25.1 Å². The first-order valence-corrected chi connectivity index (χ1v) is 9.58. The van der Waals surface area contributed by atoms with Crippen molar-refractivity contribution < 1.29 is 17.6 Å². The van der Waals surface area contributed by atoms with Crippen LogP contribution in [0.5, 0.6) is 0 Å². The molecule has 0 saturated carbocycles. The summed E-state index contributed by atoms with van der Waals surface area (Å²) in [6.07, 6.45) is 1.88. The molecule has 1 fully saturated rings. The van der Waals surface area contributed by atoms with Gasteiger partial charge in [0, 0.05) is 25.6 Å². The standard InChI is InChI=1S/C17H22N2O4S/c1-12-10-14(8-9-22-12)11-18-24(20,21)17-16(23-13(2)19-17)15-6-4-3-5-7-15/h3-7,12,14,18H,8-11H2,1-2H3. The van der Waals surface area contributed by atoms with Crippen LogP contribution in [-0.4, -0.2) is 32.7 Å². The van der Waals surface area contributed by atoms with Crippen LogP contribution in [0.2, 0.25) is 0 Å². The molecule has 0 amide bonds. The van der Waals surface area contributed by atoms with Crippen molar-refractivity contribution in [2.24, 2.45) is 5.92 Å². The lowest BCUT2D eigenvalue weighted by Gasteiger charge is -2.27. The molecule has 130 valence electrons. The molecule has 1 saturated heterocycles. The van der Waals surface area contributed by atoms with Crippen LogP contribution in [0.1, 0.15) is 25.7 Å². The monoisotopic (exact) mass is 350 g/mol. The van der Waals surface area contributed by atoms with Gasteiger partial charge in [-0.15, -0.1) is 0 Å². The van der Waals surface area contributed by atoms with Crippen molar-refractivity contribution in [3.63, 3.8) is 0 Å². The topological polar surface area (TPSA) is 81.4 Å². The van der Waals surface area contributed by atoms with Gasteiger partial charge >= 0.3 is 0 Å². The minimum Gasteiger partial charge on any atom is -0.440 e. The lowest BCUT2D eigenvalue weighted by Crippen LogP contribution is -2.34. The van der Waals surface area contributed by atoms with E-state index in [0.29, 0.717) is 24.6 Å². The fourth-order valence-corrected chi connectivity index (χ4v) is 4.18. The second kappa shape index (κ2) is 7.04. The van der Waals surface area contributed by atoms with E-state index >= 15 is 0 Å². The highest BCUT2D eigenvalue weighted by atomic mass is 32.2. The maximum Gasteiger partial charge on any atom is 0.261 e. The molecule has 1 N–H and O–H groups in total. The van der Waals surface area contributed by atoms with Gasteiger partial charge in [-0.3, -0.25) is 0 Å². The first-order valence-electron chi connectivity index (χ1n) is 8.10. The smallest absolute Gasteiger partial charge is 0.261 e. The summed E-state index contributed by atoms with van der Waals surface area (Å²) in [5, 5.41) is -0.0497. The number of hydrogen-bond donors (Lipinski definition) is 1. The molecule has 1 aliphatic rings. The van der Waals surface area contributed by atoms with Crippen molar-refractivity contribution >= 4 is 10.0 Å². The van der Waals surface area contributed by atoms with Crippen LogP contribution in [0.3, 0.4) is 0 Å². The Balaban J connectivity index is 1.80. The van der Waals surface area contributed by atoms with E-state index in [1.165, 1.54) is 0 Å². The lowest BCUT2D eigenvalue weighted by molar-refractivity contribution is 0.00397. The third-order valence-corrected chi connectivity index (χ3v) is 5.48. The Kier molecular flexibility index (Phi) is 5.03. The molecule has 2 aromatic rings. The molecule has 1 aliphatic heterocycles. The summed E-state index contributed by atoms with van der Waals surface area (Å²) in [4.78, 5) is 4.10. The molecule has 0 radical (unpaired) electrons. The van der Waals surface area contributed by atoms with Crippen LogP contribution in [0.4, 0.5) is 0 Å². The summed E-state index contributed by atoms with van der Waals surface area (Å²) >= 11 is 0. The SMILES string of the molecule is Cc1nc(S(=O)(=O)NCC2CCOC(C)C2)c(-c2ccccc2)o1. The van der Waals surface area contributed by atoms with Gasteiger partial charge in [-0.2, -0.15) is 0 Å². The van der Waals surface area contributed by atoms with Crippen LogP contribution >= 0.6 is 0 Å². The van der Waals surface area contributed by atoms with Gasteiger partial charge in [0.25, 0.3) is 10.0 Å². The van der Waals surface area contributed by atoms with Crippen molar-refractivity contribution in [1.82, 2.24) is 9.71 Å². The highest BCUT2D eigenvalue weighted by Crippen LogP contribution is 2.28. The Bertz CT molecular complexity index is 786. The average molecular weight is 350 g/mol. The van der Waals surface area contributed by atoms with Gasteiger partial charge in [-0.1, -0.05) is 30.3 Å². The molecular weight excluding hydrogens is 328 g/mol. The zero-order valence-electron chi connectivity index (χ0n) is 13.9. The number of hydrogen-bond acceptors (Lipinski definition) is 5. The predicted molar refractivity (Wildman–Crippen MR) is 90.0 cm³/mol. The van der Waals surface area contributed by atoms with Crippen LogP contribution in [0.15, 0.2) is 39.8 Å². The number of rotatable bonds is 5. The van der Waals surface area contributed by atoms with Gasteiger partial charge in [-0.25, -0.2) is 18.1 Å². The Hall–Kier alpha value is -1.70. The van der Waals surface area contributed by atoms with Crippen molar-refractivity contribution in [3.8, 4) is 11.3 Å². The first kappa shape index (κ1) is 17.1. The van der Waals surface area contributed by atoms with E-state index in [0.717, 1.165) is 12.8 Å². The van der Waals surface area contributed by atoms with Crippen molar-refractivity contribution in [2.75, 3.05) is 13.2 Å². The molecule has 3 rings (SSSR count). The Morgan fingerprint density at radius 3 is 2.75 bits per heavy atom.